The van der Waals surface area contributed by atoms with Crippen LogP contribution in [-0.2, 0) is 6.18 Å². The molecule has 0 aromatic heterocycles. The van der Waals surface area contributed by atoms with Gasteiger partial charge < -0.3 is 0 Å². The van der Waals surface area contributed by atoms with Crippen LogP contribution >= 0.6 is 0 Å². The molecule has 0 fully saturated rings. The van der Waals surface area contributed by atoms with E-state index in [1.807, 2.05) is 0 Å². The first-order valence-electron chi connectivity index (χ1n) is 5.24. The summed E-state index contributed by atoms with van der Waals surface area (Å²) in [5.74, 6) is 0. The van der Waals surface area contributed by atoms with Crippen LogP contribution in [0.25, 0.3) is 6.05 Å². The van der Waals surface area contributed by atoms with Crippen LogP contribution in [0.5, 0.6) is 0 Å². The molecular formula is C12H11F3. The van der Waals surface area contributed by atoms with Gasteiger partial charge in [0.15, 0.2) is 0 Å². The molecular weight excluding hydrogens is 201 g/mol. The molecule has 0 atom stereocenters. The molecule has 1 aromatic carbocycles. The van der Waals surface area contributed by atoms with Crippen molar-refractivity contribution < 1.29 is 15.9 Å². The molecule has 1 rings (SSSR count). The third kappa shape index (κ3) is 3.62. The van der Waals surface area contributed by atoms with E-state index in [2.05, 4.69) is 6.58 Å². The van der Waals surface area contributed by atoms with Crippen LogP contribution in [-0.4, -0.2) is 0 Å². The minimum absolute atomic E-state index is 0.0789. The average Bonchev–Trinajstić information content (AvgIpc) is 2.26. The zero-order valence-corrected chi connectivity index (χ0v) is 8.15. The standard InChI is InChI=1S/C12H11F3/c1-9(2)3-4-10-5-7-11(8-6-10)12(13,14)15/h3-8H,1H2,2H3/b4-3-/i3D,4D. The van der Waals surface area contributed by atoms with Crippen LogP contribution < -0.4 is 0 Å². The van der Waals surface area contributed by atoms with Crippen LogP contribution in [0.3, 0.4) is 0 Å². The number of halogens is 3. The minimum atomic E-state index is -4.39. The lowest BCUT2D eigenvalue weighted by Gasteiger charge is -2.05. The SMILES string of the molecule is [2H]/C(C(=C)C)=C(\[2H])c1ccc(C(F)(F)F)cc1. The maximum atomic E-state index is 12.3. The molecule has 0 unspecified atom stereocenters. The lowest BCUT2D eigenvalue weighted by Crippen LogP contribution is -2.03. The quantitative estimate of drug-likeness (QED) is 0.644. The van der Waals surface area contributed by atoms with E-state index in [4.69, 9.17) is 2.74 Å². The fourth-order valence-corrected chi connectivity index (χ4v) is 0.921. The summed E-state index contributed by atoms with van der Waals surface area (Å²) in [4.78, 5) is 0. The first-order valence-corrected chi connectivity index (χ1v) is 4.24. The average molecular weight is 214 g/mol. The van der Waals surface area contributed by atoms with Gasteiger partial charge in [0, 0.05) is 0 Å². The lowest BCUT2D eigenvalue weighted by atomic mass is 10.1. The van der Waals surface area contributed by atoms with Crippen molar-refractivity contribution in [3.05, 3.63) is 53.6 Å². The Labute approximate surface area is 89.5 Å². The predicted molar refractivity (Wildman–Crippen MR) is 55.3 cm³/mol. The fourth-order valence-electron chi connectivity index (χ4n) is 0.921. The molecule has 0 N–H and O–H groups in total. The zero-order chi connectivity index (χ0) is 13.2. The normalized spacial score (nSPS) is 15.2. The lowest BCUT2D eigenvalue weighted by molar-refractivity contribution is -0.137. The second kappa shape index (κ2) is 4.34. The first kappa shape index (κ1) is 8.77. The molecule has 0 radical (unpaired) electrons. The Kier molecular flexibility index (Phi) is 2.54. The van der Waals surface area contributed by atoms with E-state index >= 15 is 0 Å². The van der Waals surface area contributed by atoms with Gasteiger partial charge in [0.25, 0.3) is 0 Å². The monoisotopic (exact) mass is 214 g/mol. The van der Waals surface area contributed by atoms with E-state index in [9.17, 15) is 13.2 Å². The molecule has 0 spiro atoms. The van der Waals surface area contributed by atoms with Crippen LogP contribution in [0.2, 0.25) is 0 Å². The van der Waals surface area contributed by atoms with E-state index < -0.39 is 11.7 Å². The summed E-state index contributed by atoms with van der Waals surface area (Å²) in [6, 6.07) is 3.95. The van der Waals surface area contributed by atoms with E-state index in [0.717, 1.165) is 12.1 Å². The van der Waals surface area contributed by atoms with Gasteiger partial charge in [-0.2, -0.15) is 13.2 Å². The van der Waals surface area contributed by atoms with Gasteiger partial charge in [-0.05, 0) is 24.6 Å². The number of hydrogen-bond donors (Lipinski definition) is 0. The third-order valence-corrected chi connectivity index (χ3v) is 1.63. The Morgan fingerprint density at radius 2 is 1.87 bits per heavy atom. The number of alkyl halides is 3. The first-order chi connectivity index (χ1) is 7.73. The van der Waals surface area contributed by atoms with Crippen molar-refractivity contribution in [1.82, 2.24) is 0 Å². The van der Waals surface area contributed by atoms with Crippen molar-refractivity contribution in [3.8, 4) is 0 Å². The van der Waals surface area contributed by atoms with Crippen molar-refractivity contribution in [2.75, 3.05) is 0 Å². The summed E-state index contributed by atoms with van der Waals surface area (Å²) in [6.07, 6.45) is -4.39. The Hall–Kier alpha value is -1.51. The summed E-state index contributed by atoms with van der Waals surface area (Å²) in [5, 5.41) is 0. The second-order valence-corrected chi connectivity index (χ2v) is 3.11. The molecule has 80 valence electrons. The minimum Gasteiger partial charge on any atom is -0.166 e. The number of allylic oxidation sites excluding steroid dienone is 2. The van der Waals surface area contributed by atoms with Crippen LogP contribution in [0, 0.1) is 0 Å². The summed E-state index contributed by atoms with van der Waals surface area (Å²) in [6.45, 7) is 5.08. The summed E-state index contributed by atoms with van der Waals surface area (Å²) >= 11 is 0. The van der Waals surface area contributed by atoms with Gasteiger partial charge >= 0.3 is 6.18 Å². The van der Waals surface area contributed by atoms with Gasteiger partial charge in [0.2, 0.25) is 0 Å². The molecule has 0 nitrogen and oxygen atoms in total. The highest BCUT2D eigenvalue weighted by Crippen LogP contribution is 2.29. The van der Waals surface area contributed by atoms with Gasteiger partial charge in [-0.1, -0.05) is 36.4 Å². The van der Waals surface area contributed by atoms with Gasteiger partial charge in [0.05, 0.1) is 8.30 Å². The Morgan fingerprint density at radius 3 is 2.27 bits per heavy atom. The highest BCUT2D eigenvalue weighted by atomic mass is 19.4. The van der Waals surface area contributed by atoms with Crippen molar-refractivity contribution in [1.29, 1.82) is 0 Å². The fraction of sp³-hybridized carbons (Fsp3) is 0.167. The topological polar surface area (TPSA) is 0 Å². The highest BCUT2D eigenvalue weighted by Gasteiger charge is 2.29. The van der Waals surface area contributed by atoms with Gasteiger partial charge in [0.1, 0.15) is 0 Å². The van der Waals surface area contributed by atoms with E-state index in [1.54, 1.807) is 6.92 Å². The van der Waals surface area contributed by atoms with Gasteiger partial charge in [-0.25, -0.2) is 0 Å². The van der Waals surface area contributed by atoms with Gasteiger partial charge in [-0.3, -0.25) is 0 Å². The number of rotatable bonds is 2. The maximum absolute atomic E-state index is 12.3. The van der Waals surface area contributed by atoms with Crippen molar-refractivity contribution in [3.63, 3.8) is 0 Å². The van der Waals surface area contributed by atoms with E-state index in [1.165, 1.54) is 12.1 Å². The Bertz CT molecular complexity index is 456. The van der Waals surface area contributed by atoms with Crippen LogP contribution in [0.15, 0.2) is 42.5 Å². The van der Waals surface area contributed by atoms with Crippen molar-refractivity contribution in [2.45, 2.75) is 13.1 Å². The molecule has 3 heteroatoms. The summed E-state index contributed by atoms with van der Waals surface area (Å²) < 4.78 is 52.0. The van der Waals surface area contributed by atoms with Crippen LogP contribution in [0.4, 0.5) is 13.2 Å². The maximum Gasteiger partial charge on any atom is 0.416 e. The second-order valence-electron chi connectivity index (χ2n) is 3.11. The highest BCUT2D eigenvalue weighted by molar-refractivity contribution is 5.52. The Morgan fingerprint density at radius 1 is 1.33 bits per heavy atom. The van der Waals surface area contributed by atoms with Gasteiger partial charge in [-0.15, -0.1) is 0 Å². The predicted octanol–water partition coefficient (Wildman–Crippen LogP) is 4.29. The van der Waals surface area contributed by atoms with Crippen molar-refractivity contribution in [2.24, 2.45) is 0 Å². The number of benzene rings is 1. The smallest absolute Gasteiger partial charge is 0.166 e. The molecule has 0 saturated carbocycles. The Balaban J connectivity index is 3.12. The third-order valence-electron chi connectivity index (χ3n) is 1.63. The summed E-state index contributed by atoms with van der Waals surface area (Å²) in [5.41, 5.74) is -0.100. The zero-order valence-electron chi connectivity index (χ0n) is 10.2. The van der Waals surface area contributed by atoms with E-state index in [-0.39, 0.29) is 17.7 Å². The van der Waals surface area contributed by atoms with E-state index in [0.29, 0.717) is 5.57 Å². The largest absolute Gasteiger partial charge is 0.416 e. The summed E-state index contributed by atoms with van der Waals surface area (Å²) in [7, 11) is 0. The molecule has 0 heterocycles. The molecule has 0 aliphatic rings. The molecule has 0 amide bonds. The molecule has 1 aromatic rings. The molecule has 0 saturated heterocycles. The van der Waals surface area contributed by atoms with Crippen LogP contribution in [0.1, 0.15) is 20.8 Å². The molecule has 15 heavy (non-hydrogen) atoms. The number of hydrogen-bond acceptors (Lipinski definition) is 0. The molecule has 0 bridgehead atoms. The molecule has 0 aliphatic heterocycles. The van der Waals surface area contributed by atoms with Crippen molar-refractivity contribution >= 4 is 6.05 Å². The molecule has 0 aliphatic carbocycles.